The molecule has 3 nitrogen and oxygen atoms in total. The van der Waals surface area contributed by atoms with Crippen molar-refractivity contribution >= 4 is 45.2 Å². The molecule has 0 spiro atoms. The molecule has 1 aliphatic rings. The molecule has 1 aromatic rings. The van der Waals surface area contributed by atoms with Crippen molar-refractivity contribution in [1.82, 2.24) is 10.2 Å². The Kier molecular flexibility index (Phi) is 10.0. The van der Waals surface area contributed by atoms with Crippen LogP contribution in [0.4, 0.5) is 0 Å². The van der Waals surface area contributed by atoms with E-state index in [0.29, 0.717) is 6.54 Å². The smallest absolute Gasteiger partial charge is 0.872 e. The second kappa shape index (κ2) is 10.3. The molecule has 0 aliphatic carbocycles. The molecule has 2 rings (SSSR count). The third-order valence-electron chi connectivity index (χ3n) is 3.99. The van der Waals surface area contributed by atoms with Gasteiger partial charge in [-0.25, -0.2) is 0 Å². The summed E-state index contributed by atoms with van der Waals surface area (Å²) in [6.45, 7) is 7.56. The Morgan fingerprint density at radius 1 is 1.29 bits per heavy atom. The molecular weight excluding hydrogens is 501 g/mol. The number of nitrogens with one attached hydrogen (secondary N) is 1. The van der Waals surface area contributed by atoms with Gasteiger partial charge in [-0.3, -0.25) is 0 Å². The maximum Gasteiger partial charge on any atom is 1.00 e. The maximum atomic E-state index is 12.0. The first-order chi connectivity index (χ1) is 9.60. The van der Waals surface area contributed by atoms with E-state index in [0.717, 1.165) is 25.2 Å². The number of likely N-dealkylation sites (tertiary alicyclic amines) is 1. The Morgan fingerprint density at radius 2 is 1.95 bits per heavy atom. The van der Waals surface area contributed by atoms with Gasteiger partial charge in [0.05, 0.1) is 0 Å². The Hall–Kier alpha value is 1.40. The summed E-state index contributed by atoms with van der Waals surface area (Å²) >= 11 is 4.40. The normalized spacial score (nSPS) is 16.7. The molecule has 1 aliphatic heterocycles. The van der Waals surface area contributed by atoms with Gasteiger partial charge in [-0.05, 0) is 108 Å². The SMILES string of the molecule is CCN1CCC(CNCc2cc(I)cc(I)c2[O-])CC1.[Na+]. The van der Waals surface area contributed by atoms with Crippen molar-refractivity contribution in [3.05, 3.63) is 24.8 Å². The van der Waals surface area contributed by atoms with Gasteiger partial charge in [0.15, 0.2) is 0 Å². The van der Waals surface area contributed by atoms with Crippen molar-refractivity contribution < 1.29 is 34.7 Å². The molecule has 0 unspecified atom stereocenters. The molecule has 1 N–H and O–H groups in total. The third-order valence-corrected chi connectivity index (χ3v) is 5.41. The van der Waals surface area contributed by atoms with Gasteiger partial charge < -0.3 is 15.3 Å². The average Bonchev–Trinajstić information content (AvgIpc) is 2.44. The zero-order valence-electron chi connectivity index (χ0n) is 12.8. The molecule has 112 valence electrons. The van der Waals surface area contributed by atoms with Crippen LogP contribution in [0.5, 0.6) is 5.75 Å². The molecule has 1 saturated heterocycles. The van der Waals surface area contributed by atoms with E-state index in [1.54, 1.807) is 0 Å². The number of nitrogens with zero attached hydrogens (tertiary/aromatic N) is 1. The van der Waals surface area contributed by atoms with E-state index in [1.165, 1.54) is 32.5 Å². The summed E-state index contributed by atoms with van der Waals surface area (Å²) < 4.78 is 1.96. The molecule has 0 bridgehead atoms. The topological polar surface area (TPSA) is 38.3 Å². The van der Waals surface area contributed by atoms with Gasteiger partial charge in [0.2, 0.25) is 0 Å². The summed E-state index contributed by atoms with van der Waals surface area (Å²) in [4.78, 5) is 2.51. The zero-order valence-corrected chi connectivity index (χ0v) is 19.1. The van der Waals surface area contributed by atoms with E-state index in [2.05, 4.69) is 62.3 Å². The van der Waals surface area contributed by atoms with Crippen LogP contribution in [0.2, 0.25) is 0 Å². The summed E-state index contributed by atoms with van der Waals surface area (Å²) in [6, 6.07) is 3.94. The average molecular weight is 522 g/mol. The summed E-state index contributed by atoms with van der Waals surface area (Å²) in [5.41, 5.74) is 0.896. The minimum Gasteiger partial charge on any atom is -0.872 e. The van der Waals surface area contributed by atoms with Crippen LogP contribution < -0.4 is 40.0 Å². The molecule has 0 saturated carbocycles. The third kappa shape index (κ3) is 6.43. The van der Waals surface area contributed by atoms with Crippen LogP contribution in [0.1, 0.15) is 25.3 Å². The second-order valence-electron chi connectivity index (χ2n) is 5.38. The van der Waals surface area contributed by atoms with Crippen LogP contribution in [0.3, 0.4) is 0 Å². The Balaban J connectivity index is 0.00000220. The molecule has 21 heavy (non-hydrogen) atoms. The predicted molar refractivity (Wildman–Crippen MR) is 97.9 cm³/mol. The van der Waals surface area contributed by atoms with Crippen molar-refractivity contribution in [3.63, 3.8) is 0 Å². The molecule has 0 amide bonds. The molecule has 0 atom stereocenters. The van der Waals surface area contributed by atoms with Gasteiger partial charge in [-0.15, -0.1) is 0 Å². The van der Waals surface area contributed by atoms with Gasteiger partial charge >= 0.3 is 29.6 Å². The van der Waals surface area contributed by atoms with Crippen molar-refractivity contribution in [3.8, 4) is 5.75 Å². The first kappa shape index (κ1) is 20.4. The van der Waals surface area contributed by atoms with Crippen LogP contribution in [0.15, 0.2) is 12.1 Å². The Labute approximate surface area is 177 Å². The van der Waals surface area contributed by atoms with Gasteiger partial charge in [-0.1, -0.05) is 12.7 Å². The first-order valence-corrected chi connectivity index (χ1v) is 9.34. The molecule has 1 aromatic carbocycles. The van der Waals surface area contributed by atoms with Crippen molar-refractivity contribution in [2.24, 2.45) is 5.92 Å². The molecule has 6 heteroatoms. The summed E-state index contributed by atoms with van der Waals surface area (Å²) in [6.07, 6.45) is 2.55. The monoisotopic (exact) mass is 522 g/mol. The van der Waals surface area contributed by atoms with Crippen LogP contribution in [-0.2, 0) is 6.54 Å². The standard InChI is InChI=1S/C15H22I2N2O.Na/c1-2-19-5-3-11(4-6-19)9-18-10-12-7-13(16)8-14(17)15(12)20;/h7-8,11,18,20H,2-6,9-10H2,1H3;/q;+1/p-1. The van der Waals surface area contributed by atoms with E-state index < -0.39 is 0 Å². The van der Waals surface area contributed by atoms with Crippen molar-refractivity contribution in [1.29, 1.82) is 0 Å². The molecular formula is C15H21I2N2NaO. The summed E-state index contributed by atoms with van der Waals surface area (Å²) in [5.74, 6) is 0.939. The number of hydrogen-bond donors (Lipinski definition) is 1. The number of hydrogen-bond acceptors (Lipinski definition) is 3. The molecule has 1 heterocycles. The minimum atomic E-state index is 0. The van der Waals surface area contributed by atoms with Crippen LogP contribution in [-0.4, -0.2) is 31.1 Å². The van der Waals surface area contributed by atoms with Gasteiger partial charge in [0.25, 0.3) is 0 Å². The van der Waals surface area contributed by atoms with Gasteiger partial charge in [0, 0.05) is 13.7 Å². The largest absolute Gasteiger partial charge is 1.00 e. The Morgan fingerprint density at radius 3 is 2.57 bits per heavy atom. The Bertz CT molecular complexity index is 452. The fraction of sp³-hybridized carbons (Fsp3) is 0.600. The number of rotatable bonds is 5. The van der Waals surface area contributed by atoms with E-state index in [1.807, 2.05) is 12.1 Å². The predicted octanol–water partition coefficient (Wildman–Crippen LogP) is -0.205. The quantitative estimate of drug-likeness (QED) is 0.431. The maximum absolute atomic E-state index is 12.0. The second-order valence-corrected chi connectivity index (χ2v) is 7.79. The molecule has 1 fully saturated rings. The van der Waals surface area contributed by atoms with Crippen LogP contribution >= 0.6 is 45.2 Å². The molecule has 0 radical (unpaired) electrons. The number of benzene rings is 1. The number of piperidine rings is 1. The van der Waals surface area contributed by atoms with Crippen molar-refractivity contribution in [2.45, 2.75) is 26.3 Å². The first-order valence-electron chi connectivity index (χ1n) is 7.18. The summed E-state index contributed by atoms with van der Waals surface area (Å²) in [7, 11) is 0. The van der Waals surface area contributed by atoms with Gasteiger partial charge in [-0.2, -0.15) is 0 Å². The summed E-state index contributed by atoms with van der Waals surface area (Å²) in [5, 5.41) is 15.5. The zero-order chi connectivity index (χ0) is 14.5. The molecule has 0 aromatic heterocycles. The van der Waals surface area contributed by atoms with E-state index in [-0.39, 0.29) is 35.3 Å². The fourth-order valence-electron chi connectivity index (χ4n) is 2.66. The minimum absolute atomic E-state index is 0. The van der Waals surface area contributed by atoms with E-state index in [4.69, 9.17) is 0 Å². The van der Waals surface area contributed by atoms with Gasteiger partial charge in [0.1, 0.15) is 0 Å². The van der Waals surface area contributed by atoms with Crippen LogP contribution in [0, 0.1) is 13.1 Å². The van der Waals surface area contributed by atoms with E-state index in [9.17, 15) is 5.11 Å². The number of halogens is 2. The fourth-order valence-corrected chi connectivity index (χ4v) is 4.63. The van der Waals surface area contributed by atoms with Crippen molar-refractivity contribution in [2.75, 3.05) is 26.2 Å². The van der Waals surface area contributed by atoms with Crippen LogP contribution in [0.25, 0.3) is 0 Å². The van der Waals surface area contributed by atoms with E-state index >= 15 is 0 Å².